The Hall–Kier alpha value is -3.72. The van der Waals surface area contributed by atoms with E-state index in [-0.39, 0.29) is 23.9 Å². The van der Waals surface area contributed by atoms with Crippen LogP contribution in [0.15, 0.2) is 91.0 Å². The van der Waals surface area contributed by atoms with Gasteiger partial charge >= 0.3 is 0 Å². The molecule has 4 aromatic carbocycles. The first-order valence-electron chi connectivity index (χ1n) is 15.3. The molecule has 3 unspecified atom stereocenters. The van der Waals surface area contributed by atoms with Crippen molar-refractivity contribution in [3.05, 3.63) is 108 Å². The van der Waals surface area contributed by atoms with E-state index in [1.54, 1.807) is 6.07 Å². The second kappa shape index (κ2) is 13.5. The van der Waals surface area contributed by atoms with Gasteiger partial charge in [0, 0.05) is 47.1 Å². The highest BCUT2D eigenvalue weighted by Gasteiger charge is 2.29. The first-order chi connectivity index (χ1) is 21.0. The Bertz CT molecular complexity index is 1620. The molecule has 4 aromatic rings. The minimum Gasteiger partial charge on any atom is -0.755 e. The van der Waals surface area contributed by atoms with Crippen LogP contribution in [0, 0.1) is 0 Å². The Morgan fingerprint density at radius 1 is 0.977 bits per heavy atom. The summed E-state index contributed by atoms with van der Waals surface area (Å²) < 4.78 is 32.9. The quantitative estimate of drug-likeness (QED) is 0.191. The third-order valence-electron chi connectivity index (χ3n) is 8.28. The van der Waals surface area contributed by atoms with E-state index in [9.17, 15) is 13.6 Å². The fourth-order valence-electron chi connectivity index (χ4n) is 6.20. The summed E-state index contributed by atoms with van der Waals surface area (Å²) in [6.07, 6.45) is 0.598. The Labute approximate surface area is 263 Å². The van der Waals surface area contributed by atoms with Crippen molar-refractivity contribution in [2.75, 3.05) is 10.9 Å². The van der Waals surface area contributed by atoms with E-state index < -0.39 is 17.3 Å². The first kappa shape index (κ1) is 31.7. The molecule has 232 valence electrons. The zero-order valence-corrected chi connectivity index (χ0v) is 27.0. The molecule has 0 aliphatic carbocycles. The molecule has 0 spiro atoms. The standard InChI is InChI=1S/C36H43N3O4S/c1-25(2)38(36(3,4)5)24-26-15-18-31-32(19-20-43-34(31)21-26)37-35(40)23-33(28-12-7-6-8-13-28)39(44(41)42)30-17-16-27-11-9-10-14-29(27)22-30/h6-18,21-22,25,32-33H,19-20,23-24H2,1-5H3,(H,37,40)(H,41,42)/p-1. The average Bonchev–Trinajstić information content (AvgIpc) is 2.99. The number of anilines is 1. The molecule has 0 aromatic heterocycles. The molecule has 5 rings (SSSR count). The third kappa shape index (κ3) is 7.32. The highest BCUT2D eigenvalue weighted by Crippen LogP contribution is 2.36. The van der Waals surface area contributed by atoms with Gasteiger partial charge in [-0.15, -0.1) is 0 Å². The lowest BCUT2D eigenvalue weighted by atomic mass is 9.96. The Morgan fingerprint density at radius 3 is 2.36 bits per heavy atom. The van der Waals surface area contributed by atoms with Gasteiger partial charge in [0.15, 0.2) is 0 Å². The maximum atomic E-state index is 13.7. The number of benzene rings is 4. The van der Waals surface area contributed by atoms with E-state index >= 15 is 0 Å². The number of rotatable bonds is 10. The maximum absolute atomic E-state index is 13.7. The van der Waals surface area contributed by atoms with Crippen LogP contribution in [-0.4, -0.2) is 37.8 Å². The summed E-state index contributed by atoms with van der Waals surface area (Å²) in [5, 5.41) is 5.13. The first-order valence-corrected chi connectivity index (χ1v) is 16.3. The molecule has 7 nitrogen and oxygen atoms in total. The predicted molar refractivity (Wildman–Crippen MR) is 177 cm³/mol. The molecular formula is C36H42N3O4S-. The fraction of sp³-hybridized carbons (Fsp3) is 0.361. The average molecular weight is 613 g/mol. The zero-order valence-electron chi connectivity index (χ0n) is 26.2. The summed E-state index contributed by atoms with van der Waals surface area (Å²) in [4.78, 5) is 16.1. The van der Waals surface area contributed by atoms with Crippen LogP contribution >= 0.6 is 0 Å². The monoisotopic (exact) mass is 612 g/mol. The number of fused-ring (bicyclic) bond motifs is 2. The fourth-order valence-corrected chi connectivity index (χ4v) is 6.89. The van der Waals surface area contributed by atoms with E-state index in [1.807, 2.05) is 66.7 Å². The number of hydrogen-bond donors (Lipinski definition) is 1. The van der Waals surface area contributed by atoms with Crippen molar-refractivity contribution in [3.8, 4) is 5.75 Å². The SMILES string of the molecule is CC(C)N(Cc1ccc2c(c1)OCCC2NC(=O)CC(c1ccccc1)N(c1ccc2ccccc2c1)S(=O)[O-])C(C)(C)C. The van der Waals surface area contributed by atoms with Gasteiger partial charge in [0.1, 0.15) is 5.75 Å². The lowest BCUT2D eigenvalue weighted by Crippen LogP contribution is -2.45. The molecule has 3 atom stereocenters. The molecule has 0 fully saturated rings. The predicted octanol–water partition coefficient (Wildman–Crippen LogP) is 7.22. The molecule has 1 amide bonds. The van der Waals surface area contributed by atoms with Crippen LogP contribution in [0.3, 0.4) is 0 Å². The van der Waals surface area contributed by atoms with Gasteiger partial charge in [-0.1, -0.05) is 72.8 Å². The maximum Gasteiger partial charge on any atom is 0.222 e. The summed E-state index contributed by atoms with van der Waals surface area (Å²) >= 11 is -2.63. The van der Waals surface area contributed by atoms with Crippen molar-refractivity contribution >= 4 is 33.6 Å². The molecule has 0 saturated heterocycles. The molecule has 1 aliphatic rings. The normalized spacial score (nSPS) is 16.3. The number of carbonyl (C=O) groups is 1. The van der Waals surface area contributed by atoms with E-state index in [0.29, 0.717) is 24.8 Å². The topological polar surface area (TPSA) is 84.9 Å². The zero-order chi connectivity index (χ0) is 31.4. The summed E-state index contributed by atoms with van der Waals surface area (Å²) in [7, 11) is 0. The number of hydrogen-bond acceptors (Lipinski definition) is 5. The summed E-state index contributed by atoms with van der Waals surface area (Å²) in [6.45, 7) is 12.4. The minimum atomic E-state index is -2.63. The Kier molecular flexibility index (Phi) is 9.73. The molecular weight excluding hydrogens is 570 g/mol. The van der Waals surface area contributed by atoms with Crippen LogP contribution in [0.25, 0.3) is 10.8 Å². The summed E-state index contributed by atoms with van der Waals surface area (Å²) in [6, 6.07) is 28.4. The molecule has 1 N–H and O–H groups in total. The number of ether oxygens (including phenoxy) is 1. The van der Waals surface area contributed by atoms with E-state index in [2.05, 4.69) is 63.0 Å². The summed E-state index contributed by atoms with van der Waals surface area (Å²) in [5.41, 5.74) is 3.37. The van der Waals surface area contributed by atoms with E-state index in [1.165, 1.54) is 4.31 Å². The van der Waals surface area contributed by atoms with Crippen LogP contribution in [0.4, 0.5) is 5.69 Å². The molecule has 0 bridgehead atoms. The van der Waals surface area contributed by atoms with Crippen molar-refractivity contribution in [1.82, 2.24) is 10.2 Å². The van der Waals surface area contributed by atoms with Crippen molar-refractivity contribution < 1.29 is 18.3 Å². The number of nitrogens with zero attached hydrogens (tertiary/aromatic N) is 2. The molecule has 0 radical (unpaired) electrons. The van der Waals surface area contributed by atoms with Gasteiger partial charge in [0.05, 0.1) is 25.1 Å². The molecule has 0 saturated carbocycles. The third-order valence-corrected chi connectivity index (χ3v) is 9.07. The van der Waals surface area contributed by atoms with Gasteiger partial charge < -0.3 is 14.6 Å². The highest BCUT2D eigenvalue weighted by atomic mass is 32.2. The van der Waals surface area contributed by atoms with Crippen LogP contribution in [-0.2, 0) is 22.6 Å². The number of amides is 1. The minimum absolute atomic E-state index is 0.0191. The second-order valence-electron chi connectivity index (χ2n) is 12.7. The van der Waals surface area contributed by atoms with Crippen LogP contribution in [0.2, 0.25) is 0 Å². The Morgan fingerprint density at radius 2 is 1.68 bits per heavy atom. The van der Waals surface area contributed by atoms with Gasteiger partial charge in [-0.2, -0.15) is 0 Å². The number of nitrogens with one attached hydrogen (secondary N) is 1. The summed E-state index contributed by atoms with van der Waals surface area (Å²) in [5.74, 6) is 0.561. The van der Waals surface area contributed by atoms with Gasteiger partial charge in [0.2, 0.25) is 5.91 Å². The Balaban J connectivity index is 1.38. The van der Waals surface area contributed by atoms with Crippen molar-refractivity contribution in [2.45, 2.75) is 77.7 Å². The van der Waals surface area contributed by atoms with Gasteiger partial charge in [-0.05, 0) is 74.7 Å². The van der Waals surface area contributed by atoms with E-state index in [4.69, 9.17) is 4.74 Å². The van der Waals surface area contributed by atoms with Gasteiger partial charge in [-0.25, -0.2) is 0 Å². The molecule has 1 aliphatic heterocycles. The second-order valence-corrected chi connectivity index (χ2v) is 13.6. The lowest BCUT2D eigenvalue weighted by molar-refractivity contribution is -0.122. The van der Waals surface area contributed by atoms with Crippen molar-refractivity contribution in [3.63, 3.8) is 0 Å². The van der Waals surface area contributed by atoms with Crippen molar-refractivity contribution in [1.29, 1.82) is 0 Å². The van der Waals surface area contributed by atoms with Crippen molar-refractivity contribution in [2.24, 2.45) is 0 Å². The van der Waals surface area contributed by atoms with Gasteiger partial charge in [-0.3, -0.25) is 18.2 Å². The number of carbonyl (C=O) groups excluding carboxylic acids is 1. The lowest BCUT2D eigenvalue weighted by Gasteiger charge is -2.39. The van der Waals surface area contributed by atoms with Crippen LogP contribution in [0.5, 0.6) is 5.75 Å². The molecule has 8 heteroatoms. The van der Waals surface area contributed by atoms with Crippen LogP contribution in [0.1, 0.15) is 76.2 Å². The largest absolute Gasteiger partial charge is 0.755 e. The highest BCUT2D eigenvalue weighted by molar-refractivity contribution is 7.80. The van der Waals surface area contributed by atoms with Crippen LogP contribution < -0.4 is 14.4 Å². The molecule has 44 heavy (non-hydrogen) atoms. The smallest absolute Gasteiger partial charge is 0.222 e. The molecule has 1 heterocycles. The van der Waals surface area contributed by atoms with Gasteiger partial charge in [0.25, 0.3) is 0 Å². The van der Waals surface area contributed by atoms with E-state index in [0.717, 1.165) is 39.8 Å².